The van der Waals surface area contributed by atoms with Gasteiger partial charge in [-0.3, -0.25) is 0 Å². The third-order valence-corrected chi connectivity index (χ3v) is 18.4. The van der Waals surface area contributed by atoms with E-state index in [1.807, 2.05) is 36.4 Å². The van der Waals surface area contributed by atoms with Crippen LogP contribution in [0.2, 0.25) is 0 Å². The second-order valence-corrected chi connectivity index (χ2v) is 20.5. The second kappa shape index (κ2) is 14.6. The summed E-state index contributed by atoms with van der Waals surface area (Å²) < 4.78 is 6.57. The third kappa shape index (κ3) is 5.78. The minimum absolute atomic E-state index is 0.585. The maximum atomic E-state index is 6.57. The van der Waals surface area contributed by atoms with Gasteiger partial charge in [0, 0.05) is 0 Å². The Morgan fingerprint density at radius 3 is 1.39 bits per heavy atom. The Bertz CT molecular complexity index is 3410. The standard InChI is InChI=1S/C57H38N3OSi/c1-6-18-38(19-7-1)41-30-32-46-47-33-31-42(37-53(47)62(52(46)36-41,44-24-12-4-13-25-44)45-26-14-5-15-27-45)56-58-55(40-22-10-3-11-23-40)59-57(60-56)43-34-49(39-20-8-2-9-21-39)54-48-28-16-17-29-50(48)61-51(54)35-43/h1-37,62H/q-1. The van der Waals surface area contributed by atoms with Crippen LogP contribution in [0.5, 0.6) is 0 Å². The van der Waals surface area contributed by atoms with Crippen molar-refractivity contribution in [2.24, 2.45) is 0 Å². The molecule has 0 saturated heterocycles. The fourth-order valence-corrected chi connectivity index (χ4v) is 16.1. The molecule has 0 aliphatic carbocycles. The molecule has 3 heterocycles. The van der Waals surface area contributed by atoms with E-state index in [2.05, 4.69) is 188 Å². The van der Waals surface area contributed by atoms with E-state index < -0.39 is 8.07 Å². The van der Waals surface area contributed by atoms with Crippen LogP contribution in [0.1, 0.15) is 0 Å². The maximum absolute atomic E-state index is 6.57. The van der Waals surface area contributed by atoms with Crippen molar-refractivity contribution in [1.29, 1.82) is 0 Å². The first-order valence-electron chi connectivity index (χ1n) is 21.2. The number of rotatable bonds is 7. The number of benzene rings is 9. The molecular formula is C57H38N3OSi-. The minimum atomic E-state index is -3.34. The van der Waals surface area contributed by atoms with Gasteiger partial charge in [0.2, 0.25) is 0 Å². The Labute approximate surface area is 360 Å². The molecule has 0 bridgehead atoms. The van der Waals surface area contributed by atoms with Gasteiger partial charge in [0.25, 0.3) is 0 Å². The van der Waals surface area contributed by atoms with Gasteiger partial charge in [0.15, 0.2) is 0 Å². The van der Waals surface area contributed by atoms with Crippen molar-refractivity contribution in [3.63, 3.8) is 0 Å². The summed E-state index contributed by atoms with van der Waals surface area (Å²) in [5, 5.41) is 7.65. The first kappa shape index (κ1) is 35.9. The summed E-state index contributed by atoms with van der Waals surface area (Å²) in [6.45, 7) is 0. The van der Waals surface area contributed by atoms with Gasteiger partial charge in [-0.15, -0.1) is 0 Å². The van der Waals surface area contributed by atoms with Crippen molar-refractivity contribution in [2.45, 2.75) is 0 Å². The molecule has 12 rings (SSSR count). The molecule has 62 heavy (non-hydrogen) atoms. The van der Waals surface area contributed by atoms with Gasteiger partial charge in [-0.2, -0.15) is 0 Å². The van der Waals surface area contributed by atoms with Gasteiger partial charge in [-0.1, -0.05) is 18.2 Å². The number of hydrogen-bond acceptors (Lipinski definition) is 4. The predicted molar refractivity (Wildman–Crippen MR) is 258 cm³/mol. The molecular weight excluding hydrogens is 771 g/mol. The zero-order valence-electron chi connectivity index (χ0n) is 33.7. The van der Waals surface area contributed by atoms with Crippen molar-refractivity contribution in [2.75, 3.05) is 0 Å². The summed E-state index contributed by atoms with van der Waals surface area (Å²) in [5.74, 6) is 1.82. The van der Waals surface area contributed by atoms with E-state index in [-0.39, 0.29) is 0 Å². The van der Waals surface area contributed by atoms with Gasteiger partial charge in [0.05, 0.1) is 0 Å². The topological polar surface area (TPSA) is 51.8 Å². The summed E-state index contributed by atoms with van der Waals surface area (Å²) in [5.41, 5.74) is 11.5. The summed E-state index contributed by atoms with van der Waals surface area (Å²) in [6, 6.07) is 80.3. The molecule has 0 saturated carbocycles. The summed E-state index contributed by atoms with van der Waals surface area (Å²) in [6.07, 6.45) is 0. The molecule has 11 aromatic rings. The molecule has 9 aromatic carbocycles. The summed E-state index contributed by atoms with van der Waals surface area (Å²) in [4.78, 5) is 15.9. The fourth-order valence-electron chi connectivity index (χ4n) is 10.0. The van der Waals surface area contributed by atoms with Gasteiger partial charge in [-0.25, -0.2) is 0 Å². The molecule has 4 nitrogen and oxygen atoms in total. The van der Waals surface area contributed by atoms with Gasteiger partial charge < -0.3 is 0 Å². The van der Waals surface area contributed by atoms with Crippen molar-refractivity contribution in [3.05, 3.63) is 224 Å². The number of fused-ring (bicyclic) bond motifs is 6. The van der Waals surface area contributed by atoms with Crippen molar-refractivity contribution in [1.82, 2.24) is 15.0 Å². The zero-order valence-corrected chi connectivity index (χ0v) is 34.8. The quantitative estimate of drug-likeness (QED) is 0.151. The molecule has 292 valence electrons. The number of aromatic nitrogens is 3. The molecule has 0 radical (unpaired) electrons. The van der Waals surface area contributed by atoms with Gasteiger partial charge >= 0.3 is 344 Å². The number of para-hydroxylation sites is 1. The van der Waals surface area contributed by atoms with E-state index in [4.69, 9.17) is 19.4 Å². The monoisotopic (exact) mass is 808 g/mol. The first-order valence-corrected chi connectivity index (χ1v) is 23.5. The van der Waals surface area contributed by atoms with Crippen LogP contribution in [0.4, 0.5) is 0 Å². The Morgan fingerprint density at radius 2 is 0.774 bits per heavy atom. The Kier molecular flexibility index (Phi) is 8.47. The van der Waals surface area contributed by atoms with Crippen LogP contribution in [-0.4, -0.2) is 23.0 Å². The SMILES string of the molecule is c1ccc(-c2ccc3c(c2)[SiH-](c2ccccc2)(c2ccccc2)c2cc(-c4nc(-c5ccccc5)nc(-c5cc(-c6ccccc6)c6c(c5)oc5ccccc56)n4)ccc2-3)cc1. The second-order valence-electron chi connectivity index (χ2n) is 16.2. The Balaban J connectivity index is 1.11. The van der Waals surface area contributed by atoms with Crippen LogP contribution in [0.15, 0.2) is 229 Å². The number of nitrogens with zero attached hydrogens (tertiary/aromatic N) is 3. The Morgan fingerprint density at radius 1 is 0.306 bits per heavy atom. The molecule has 1 aliphatic rings. The van der Waals surface area contributed by atoms with Crippen LogP contribution in [0, 0.1) is 0 Å². The number of furan rings is 1. The molecule has 0 atom stereocenters. The molecule has 0 amide bonds. The van der Waals surface area contributed by atoms with Crippen LogP contribution < -0.4 is 20.7 Å². The summed E-state index contributed by atoms with van der Waals surface area (Å²) >= 11 is 0. The molecule has 0 spiro atoms. The fraction of sp³-hybridized carbons (Fsp3) is 0. The van der Waals surface area contributed by atoms with Gasteiger partial charge in [0.1, 0.15) is 0 Å². The van der Waals surface area contributed by atoms with Crippen LogP contribution in [0.3, 0.4) is 0 Å². The van der Waals surface area contributed by atoms with E-state index in [0.717, 1.165) is 49.8 Å². The predicted octanol–water partition coefficient (Wildman–Crippen LogP) is 11.2. The molecule has 2 aromatic heterocycles. The molecule has 0 fully saturated rings. The average Bonchev–Trinajstić information content (AvgIpc) is 3.88. The molecule has 0 N–H and O–H groups in total. The first-order chi connectivity index (χ1) is 30.7. The number of hydrogen-bond donors (Lipinski definition) is 0. The van der Waals surface area contributed by atoms with E-state index in [1.165, 1.54) is 43.0 Å². The normalized spacial score (nSPS) is 13.2. The van der Waals surface area contributed by atoms with Crippen LogP contribution in [0.25, 0.3) is 89.5 Å². The van der Waals surface area contributed by atoms with E-state index in [1.54, 1.807) is 0 Å². The van der Waals surface area contributed by atoms with Crippen molar-refractivity contribution < 1.29 is 4.42 Å². The molecule has 5 heteroatoms. The van der Waals surface area contributed by atoms with E-state index >= 15 is 0 Å². The van der Waals surface area contributed by atoms with Crippen molar-refractivity contribution in [3.8, 4) is 67.5 Å². The molecule has 0 unspecified atom stereocenters. The average molecular weight is 809 g/mol. The van der Waals surface area contributed by atoms with Crippen LogP contribution in [-0.2, 0) is 0 Å². The van der Waals surface area contributed by atoms with Gasteiger partial charge in [-0.05, 0) is 0 Å². The summed E-state index contributed by atoms with van der Waals surface area (Å²) in [7, 11) is -3.34. The molecule has 1 aliphatic heterocycles. The Hall–Kier alpha value is -7.99. The third-order valence-electron chi connectivity index (χ3n) is 12.8. The van der Waals surface area contributed by atoms with Crippen LogP contribution >= 0.6 is 0 Å². The van der Waals surface area contributed by atoms with E-state index in [9.17, 15) is 0 Å². The van der Waals surface area contributed by atoms with E-state index in [0.29, 0.717) is 17.5 Å². The zero-order chi connectivity index (χ0) is 41.0. The van der Waals surface area contributed by atoms with Crippen molar-refractivity contribution >= 4 is 50.8 Å².